The summed E-state index contributed by atoms with van der Waals surface area (Å²) in [5, 5.41) is 0. The zero-order chi connectivity index (χ0) is 13.5. The van der Waals surface area contributed by atoms with E-state index in [2.05, 4.69) is 4.98 Å². The minimum Gasteiger partial charge on any atom is -0.306 e. The molecule has 0 spiro atoms. The number of rotatable bonds is 2. The van der Waals surface area contributed by atoms with Gasteiger partial charge in [0.1, 0.15) is 15.5 Å². The molecule has 0 N–H and O–H groups in total. The van der Waals surface area contributed by atoms with Crippen LogP contribution in [-0.4, -0.2) is 35.6 Å². The molecule has 0 aromatic carbocycles. The monoisotopic (exact) mass is 278 g/mol. The third-order valence-corrected chi connectivity index (χ3v) is 5.32. The third kappa shape index (κ3) is 2.40. The first-order valence-electron chi connectivity index (χ1n) is 6.22. The fourth-order valence-corrected chi connectivity index (χ4v) is 3.97. The van der Waals surface area contributed by atoms with Crippen LogP contribution in [0.2, 0.25) is 0 Å². The van der Waals surface area contributed by atoms with Gasteiger partial charge in [-0.05, 0) is 25.0 Å². The minimum absolute atomic E-state index is 0.197. The maximum absolute atomic E-state index is 11.4. The number of sulfone groups is 1. The fourth-order valence-electron chi connectivity index (χ4n) is 2.48. The molecule has 0 atom stereocenters. The van der Waals surface area contributed by atoms with Crippen LogP contribution in [0.3, 0.4) is 0 Å². The highest BCUT2D eigenvalue weighted by Crippen LogP contribution is 2.28. The van der Waals surface area contributed by atoms with Gasteiger partial charge in [0.2, 0.25) is 0 Å². The van der Waals surface area contributed by atoms with E-state index < -0.39 is 9.84 Å². The lowest BCUT2D eigenvalue weighted by Gasteiger charge is -2.19. The summed E-state index contributed by atoms with van der Waals surface area (Å²) in [6, 6.07) is 3.53. The van der Waals surface area contributed by atoms with Crippen molar-refractivity contribution in [3.8, 4) is 0 Å². The smallest absolute Gasteiger partial charge is 0.151 e. The van der Waals surface area contributed by atoms with Crippen molar-refractivity contribution in [1.29, 1.82) is 0 Å². The topological polar surface area (TPSA) is 68.5 Å². The highest BCUT2D eigenvalue weighted by Gasteiger charge is 2.26. The molecule has 2 aromatic heterocycles. The number of carbonyl (C=O) groups is 1. The van der Waals surface area contributed by atoms with Crippen LogP contribution < -0.4 is 0 Å². The van der Waals surface area contributed by atoms with Crippen molar-refractivity contribution in [2.45, 2.75) is 18.8 Å². The summed E-state index contributed by atoms with van der Waals surface area (Å²) in [7, 11) is -2.85. The van der Waals surface area contributed by atoms with Gasteiger partial charge in [-0.15, -0.1) is 0 Å². The van der Waals surface area contributed by atoms with Crippen LogP contribution in [0.25, 0.3) is 5.65 Å². The molecule has 1 saturated heterocycles. The molecular weight excluding hydrogens is 264 g/mol. The van der Waals surface area contributed by atoms with E-state index in [1.165, 1.54) is 0 Å². The van der Waals surface area contributed by atoms with Crippen molar-refractivity contribution in [3.05, 3.63) is 35.8 Å². The van der Waals surface area contributed by atoms with Crippen molar-refractivity contribution >= 4 is 21.8 Å². The third-order valence-electron chi connectivity index (χ3n) is 3.60. The lowest BCUT2D eigenvalue weighted by molar-refractivity contribution is 0.112. The van der Waals surface area contributed by atoms with E-state index in [0.717, 1.165) is 17.6 Å². The summed E-state index contributed by atoms with van der Waals surface area (Å²) in [6.07, 6.45) is 5.69. The Hall–Kier alpha value is -1.69. The SMILES string of the molecule is O=Cc1ccc2nc(C3CCS(=O)(=O)CC3)cn2c1. The van der Waals surface area contributed by atoms with E-state index in [1.807, 2.05) is 10.6 Å². The van der Waals surface area contributed by atoms with Crippen LogP contribution in [-0.2, 0) is 9.84 Å². The molecule has 3 rings (SSSR count). The maximum atomic E-state index is 11.4. The quantitative estimate of drug-likeness (QED) is 0.779. The van der Waals surface area contributed by atoms with Gasteiger partial charge < -0.3 is 4.40 Å². The fraction of sp³-hybridized carbons (Fsp3) is 0.385. The second kappa shape index (κ2) is 4.45. The molecule has 0 saturated carbocycles. The van der Waals surface area contributed by atoms with E-state index in [9.17, 15) is 13.2 Å². The number of pyridine rings is 1. The van der Waals surface area contributed by atoms with Crippen molar-refractivity contribution in [1.82, 2.24) is 9.38 Å². The molecule has 1 aliphatic rings. The molecule has 5 nitrogen and oxygen atoms in total. The van der Waals surface area contributed by atoms with Crippen LogP contribution in [0, 0.1) is 0 Å². The van der Waals surface area contributed by atoms with Gasteiger partial charge in [-0.25, -0.2) is 13.4 Å². The van der Waals surface area contributed by atoms with Gasteiger partial charge in [-0.2, -0.15) is 0 Å². The highest BCUT2D eigenvalue weighted by atomic mass is 32.2. The average molecular weight is 278 g/mol. The van der Waals surface area contributed by atoms with E-state index >= 15 is 0 Å². The Bertz CT molecular complexity index is 719. The molecule has 0 bridgehead atoms. The van der Waals surface area contributed by atoms with Crippen molar-refractivity contribution in [2.24, 2.45) is 0 Å². The number of aromatic nitrogens is 2. The molecule has 3 heterocycles. The minimum atomic E-state index is -2.85. The Balaban J connectivity index is 1.91. The first kappa shape index (κ1) is 12.3. The molecule has 1 aliphatic heterocycles. The number of hydrogen-bond donors (Lipinski definition) is 0. The van der Waals surface area contributed by atoms with Gasteiger partial charge in [0.25, 0.3) is 0 Å². The number of carbonyl (C=O) groups excluding carboxylic acids is 1. The van der Waals surface area contributed by atoms with Crippen molar-refractivity contribution in [2.75, 3.05) is 11.5 Å². The van der Waals surface area contributed by atoms with Crippen LogP contribution >= 0.6 is 0 Å². The zero-order valence-corrected chi connectivity index (χ0v) is 11.1. The highest BCUT2D eigenvalue weighted by molar-refractivity contribution is 7.91. The Morgan fingerprint density at radius 3 is 2.63 bits per heavy atom. The van der Waals surface area contributed by atoms with Crippen LogP contribution in [0.1, 0.15) is 34.8 Å². The van der Waals surface area contributed by atoms with Gasteiger partial charge >= 0.3 is 0 Å². The summed E-state index contributed by atoms with van der Waals surface area (Å²) < 4.78 is 24.7. The van der Waals surface area contributed by atoms with Crippen molar-refractivity contribution < 1.29 is 13.2 Å². The molecule has 6 heteroatoms. The predicted molar refractivity (Wildman–Crippen MR) is 71.2 cm³/mol. The predicted octanol–water partition coefficient (Wildman–Crippen LogP) is 1.44. The lowest BCUT2D eigenvalue weighted by Crippen LogP contribution is -2.22. The summed E-state index contributed by atoms with van der Waals surface area (Å²) in [5.74, 6) is 0.680. The Labute approximate surface area is 111 Å². The number of nitrogens with zero attached hydrogens (tertiary/aromatic N) is 2. The molecule has 2 aromatic rings. The molecule has 100 valence electrons. The molecule has 1 fully saturated rings. The number of aldehydes is 1. The largest absolute Gasteiger partial charge is 0.306 e. The molecule has 19 heavy (non-hydrogen) atoms. The summed E-state index contributed by atoms with van der Waals surface area (Å²) in [5.41, 5.74) is 2.30. The second-order valence-electron chi connectivity index (χ2n) is 4.94. The van der Waals surface area contributed by atoms with Crippen LogP contribution in [0.5, 0.6) is 0 Å². The van der Waals surface area contributed by atoms with Gasteiger partial charge in [-0.1, -0.05) is 0 Å². The van der Waals surface area contributed by atoms with Crippen LogP contribution in [0.15, 0.2) is 24.5 Å². The molecule has 0 amide bonds. The summed E-state index contributed by atoms with van der Waals surface area (Å²) >= 11 is 0. The summed E-state index contributed by atoms with van der Waals surface area (Å²) in [4.78, 5) is 15.2. The first-order valence-corrected chi connectivity index (χ1v) is 8.04. The van der Waals surface area contributed by atoms with E-state index in [-0.39, 0.29) is 17.4 Å². The normalized spacial score (nSPS) is 19.6. The van der Waals surface area contributed by atoms with Crippen LogP contribution in [0.4, 0.5) is 0 Å². The summed E-state index contributed by atoms with van der Waals surface area (Å²) in [6.45, 7) is 0. The standard InChI is InChI=1S/C13H14N2O3S/c16-9-10-1-2-13-14-12(8-15(13)7-10)11-3-5-19(17,18)6-4-11/h1-2,7-9,11H,3-6H2. The Kier molecular flexibility index (Phi) is 2.89. The second-order valence-corrected chi connectivity index (χ2v) is 7.24. The molecule has 0 aliphatic carbocycles. The van der Waals surface area contributed by atoms with Gasteiger partial charge in [0.15, 0.2) is 6.29 Å². The van der Waals surface area contributed by atoms with Crippen molar-refractivity contribution in [3.63, 3.8) is 0 Å². The molecular formula is C13H14N2O3S. The number of hydrogen-bond acceptors (Lipinski definition) is 4. The average Bonchev–Trinajstić information content (AvgIpc) is 2.81. The lowest BCUT2D eigenvalue weighted by atomic mass is 10.00. The zero-order valence-electron chi connectivity index (χ0n) is 10.3. The van der Waals surface area contributed by atoms with Gasteiger partial charge in [-0.3, -0.25) is 4.79 Å². The molecule has 0 radical (unpaired) electrons. The first-order chi connectivity index (χ1) is 9.07. The Morgan fingerprint density at radius 2 is 1.95 bits per heavy atom. The Morgan fingerprint density at radius 1 is 1.21 bits per heavy atom. The van der Waals surface area contributed by atoms with Gasteiger partial charge in [0, 0.05) is 23.9 Å². The maximum Gasteiger partial charge on any atom is 0.151 e. The number of imidazole rings is 1. The van der Waals surface area contributed by atoms with Gasteiger partial charge in [0.05, 0.1) is 17.2 Å². The number of fused-ring (bicyclic) bond motifs is 1. The van der Waals surface area contributed by atoms with E-state index in [1.54, 1.807) is 18.3 Å². The van der Waals surface area contributed by atoms with E-state index in [4.69, 9.17) is 0 Å². The molecule has 0 unspecified atom stereocenters. The van der Waals surface area contributed by atoms with E-state index in [0.29, 0.717) is 18.4 Å².